The molecular formula is C15H22O. The average molecular weight is 218 g/mol. The second kappa shape index (κ2) is 5.20. The Balaban J connectivity index is 3.04. The molecule has 0 aliphatic heterocycles. The third kappa shape index (κ3) is 3.73. The summed E-state index contributed by atoms with van der Waals surface area (Å²) in [4.78, 5) is 0. The van der Waals surface area contributed by atoms with Gasteiger partial charge in [-0.15, -0.1) is 0 Å². The molecule has 0 spiro atoms. The Morgan fingerprint density at radius 1 is 1.31 bits per heavy atom. The van der Waals surface area contributed by atoms with Crippen molar-refractivity contribution in [2.45, 2.75) is 46.1 Å². The molecule has 0 aliphatic rings. The van der Waals surface area contributed by atoms with E-state index in [0.29, 0.717) is 0 Å². The minimum absolute atomic E-state index is 0.151. The van der Waals surface area contributed by atoms with Gasteiger partial charge in [0, 0.05) is 0 Å². The first-order valence-electron chi connectivity index (χ1n) is 5.90. The zero-order valence-electron chi connectivity index (χ0n) is 10.8. The van der Waals surface area contributed by atoms with E-state index in [2.05, 4.69) is 52.5 Å². The summed E-state index contributed by atoms with van der Waals surface area (Å²) in [6.07, 6.45) is 4.04. The van der Waals surface area contributed by atoms with E-state index in [1.54, 1.807) is 0 Å². The molecule has 0 amide bonds. The predicted octanol–water partition coefficient (Wildman–Crippen LogP) is 4.46. The van der Waals surface area contributed by atoms with Gasteiger partial charge in [0.25, 0.3) is 0 Å². The van der Waals surface area contributed by atoms with Crippen LogP contribution in [0.15, 0.2) is 24.8 Å². The molecule has 0 radical (unpaired) electrons. The summed E-state index contributed by atoms with van der Waals surface area (Å²) < 4.78 is 5.98. The third-order valence-corrected chi connectivity index (χ3v) is 2.26. The van der Waals surface area contributed by atoms with Crippen LogP contribution in [0.25, 0.3) is 6.08 Å². The maximum atomic E-state index is 5.98. The molecule has 1 rings (SSSR count). The van der Waals surface area contributed by atoms with Crippen LogP contribution in [-0.4, -0.2) is 5.60 Å². The Morgan fingerprint density at radius 2 is 2.00 bits per heavy atom. The average Bonchev–Trinajstić information content (AvgIpc) is 2.18. The van der Waals surface area contributed by atoms with Crippen LogP contribution in [0.1, 0.15) is 45.2 Å². The van der Waals surface area contributed by atoms with Crippen LogP contribution in [0.3, 0.4) is 0 Å². The van der Waals surface area contributed by atoms with Gasteiger partial charge in [-0.1, -0.05) is 38.1 Å². The summed E-state index contributed by atoms with van der Waals surface area (Å²) in [6.45, 7) is 12.2. The van der Waals surface area contributed by atoms with E-state index in [-0.39, 0.29) is 5.60 Å². The largest absolute Gasteiger partial charge is 0.488 e. The lowest BCUT2D eigenvalue weighted by Crippen LogP contribution is -2.23. The van der Waals surface area contributed by atoms with Crippen molar-refractivity contribution in [3.8, 4) is 5.75 Å². The van der Waals surface area contributed by atoms with Gasteiger partial charge in [0.2, 0.25) is 0 Å². The molecule has 0 fully saturated rings. The van der Waals surface area contributed by atoms with Crippen molar-refractivity contribution in [2.75, 3.05) is 0 Å². The van der Waals surface area contributed by atoms with Gasteiger partial charge in [-0.05, 0) is 44.4 Å². The lowest BCUT2D eigenvalue weighted by atomic mass is 10.1. The van der Waals surface area contributed by atoms with Gasteiger partial charge in [0.15, 0.2) is 0 Å². The molecule has 0 bridgehead atoms. The van der Waals surface area contributed by atoms with E-state index in [4.69, 9.17) is 4.74 Å². The lowest BCUT2D eigenvalue weighted by Gasteiger charge is -2.23. The molecule has 0 saturated heterocycles. The van der Waals surface area contributed by atoms with Gasteiger partial charge in [0.05, 0.1) is 0 Å². The molecule has 0 unspecified atom stereocenters. The molecule has 16 heavy (non-hydrogen) atoms. The van der Waals surface area contributed by atoms with Crippen molar-refractivity contribution in [1.29, 1.82) is 0 Å². The van der Waals surface area contributed by atoms with Gasteiger partial charge in [-0.25, -0.2) is 0 Å². The van der Waals surface area contributed by atoms with Crippen molar-refractivity contribution in [3.63, 3.8) is 0 Å². The van der Waals surface area contributed by atoms with Crippen LogP contribution in [0.5, 0.6) is 5.75 Å². The Morgan fingerprint density at radius 3 is 2.50 bits per heavy atom. The summed E-state index contributed by atoms with van der Waals surface area (Å²) >= 11 is 0. The first-order valence-corrected chi connectivity index (χ1v) is 5.90. The van der Waals surface area contributed by atoms with E-state index in [0.717, 1.165) is 24.2 Å². The van der Waals surface area contributed by atoms with Crippen LogP contribution in [0.4, 0.5) is 0 Å². The standard InChI is InChI=1S/C15H22O/c1-6-8-13-10-9-12(7-2)11-14(13)16-15(3,4)5/h7,9-11H,2,6,8H2,1,3-5H3. The number of hydrogen-bond acceptors (Lipinski definition) is 1. The fourth-order valence-electron chi connectivity index (χ4n) is 1.60. The Bertz CT molecular complexity index is 358. The summed E-state index contributed by atoms with van der Waals surface area (Å²) in [5.74, 6) is 0.992. The molecule has 0 aromatic heterocycles. The maximum Gasteiger partial charge on any atom is 0.123 e. The molecule has 0 saturated carbocycles. The predicted molar refractivity (Wildman–Crippen MR) is 70.9 cm³/mol. The molecule has 1 heteroatoms. The highest BCUT2D eigenvalue weighted by atomic mass is 16.5. The topological polar surface area (TPSA) is 9.23 Å². The van der Waals surface area contributed by atoms with Crippen LogP contribution in [-0.2, 0) is 6.42 Å². The zero-order chi connectivity index (χ0) is 12.2. The van der Waals surface area contributed by atoms with Gasteiger partial charge in [-0.3, -0.25) is 0 Å². The molecule has 1 aromatic rings. The Labute approximate surface area is 99.1 Å². The highest BCUT2D eigenvalue weighted by Crippen LogP contribution is 2.26. The molecule has 0 N–H and O–H groups in total. The van der Waals surface area contributed by atoms with Crippen molar-refractivity contribution >= 4 is 6.08 Å². The molecular weight excluding hydrogens is 196 g/mol. The van der Waals surface area contributed by atoms with Crippen LogP contribution >= 0.6 is 0 Å². The quantitative estimate of drug-likeness (QED) is 0.725. The number of hydrogen-bond donors (Lipinski definition) is 0. The second-order valence-electron chi connectivity index (χ2n) is 5.04. The normalized spacial score (nSPS) is 11.2. The highest BCUT2D eigenvalue weighted by Gasteiger charge is 2.14. The fourth-order valence-corrected chi connectivity index (χ4v) is 1.60. The first kappa shape index (κ1) is 12.8. The van der Waals surface area contributed by atoms with E-state index in [1.165, 1.54) is 5.56 Å². The van der Waals surface area contributed by atoms with Crippen molar-refractivity contribution in [2.24, 2.45) is 0 Å². The molecule has 1 aromatic carbocycles. The Kier molecular flexibility index (Phi) is 4.17. The monoisotopic (exact) mass is 218 g/mol. The SMILES string of the molecule is C=Cc1ccc(CCC)c(OC(C)(C)C)c1. The summed E-state index contributed by atoms with van der Waals surface area (Å²) in [5.41, 5.74) is 2.24. The van der Waals surface area contributed by atoms with Gasteiger partial charge in [0.1, 0.15) is 11.4 Å². The minimum atomic E-state index is -0.151. The molecule has 0 heterocycles. The summed E-state index contributed by atoms with van der Waals surface area (Å²) in [6, 6.07) is 6.30. The number of rotatable bonds is 4. The van der Waals surface area contributed by atoms with Crippen molar-refractivity contribution < 1.29 is 4.74 Å². The summed E-state index contributed by atoms with van der Waals surface area (Å²) in [7, 11) is 0. The van der Waals surface area contributed by atoms with E-state index >= 15 is 0 Å². The van der Waals surface area contributed by atoms with E-state index < -0.39 is 0 Å². The molecule has 1 nitrogen and oxygen atoms in total. The third-order valence-electron chi connectivity index (χ3n) is 2.26. The lowest BCUT2D eigenvalue weighted by molar-refractivity contribution is 0.129. The van der Waals surface area contributed by atoms with Crippen LogP contribution < -0.4 is 4.74 Å². The van der Waals surface area contributed by atoms with E-state index in [1.807, 2.05) is 6.08 Å². The minimum Gasteiger partial charge on any atom is -0.488 e. The van der Waals surface area contributed by atoms with Crippen LogP contribution in [0, 0.1) is 0 Å². The highest BCUT2D eigenvalue weighted by molar-refractivity contribution is 5.52. The Hall–Kier alpha value is -1.24. The zero-order valence-corrected chi connectivity index (χ0v) is 10.8. The first-order chi connectivity index (χ1) is 7.46. The van der Waals surface area contributed by atoms with Gasteiger partial charge < -0.3 is 4.74 Å². The molecule has 88 valence electrons. The van der Waals surface area contributed by atoms with E-state index in [9.17, 15) is 0 Å². The second-order valence-corrected chi connectivity index (χ2v) is 5.04. The summed E-state index contributed by atoms with van der Waals surface area (Å²) in [5, 5.41) is 0. The van der Waals surface area contributed by atoms with Crippen molar-refractivity contribution in [1.82, 2.24) is 0 Å². The fraction of sp³-hybridized carbons (Fsp3) is 0.467. The smallest absolute Gasteiger partial charge is 0.123 e. The maximum absolute atomic E-state index is 5.98. The number of benzene rings is 1. The number of aryl methyl sites for hydroxylation is 1. The van der Waals surface area contributed by atoms with Gasteiger partial charge in [-0.2, -0.15) is 0 Å². The van der Waals surface area contributed by atoms with Gasteiger partial charge >= 0.3 is 0 Å². The van der Waals surface area contributed by atoms with Crippen molar-refractivity contribution in [3.05, 3.63) is 35.9 Å². The molecule has 0 atom stereocenters. The van der Waals surface area contributed by atoms with Crippen LogP contribution in [0.2, 0.25) is 0 Å². The molecule has 0 aliphatic carbocycles. The number of ether oxygens (including phenoxy) is 1.